The number of nitrogens with zero attached hydrogens (tertiary/aromatic N) is 3. The minimum absolute atomic E-state index is 0.0369. The zero-order valence-corrected chi connectivity index (χ0v) is 16.1. The number of furan rings is 1. The number of carbonyl (C=O) groups is 3. The standard InChI is InChI=1S/C20H28N4O4/c25-18(23-8-9-24(19(26)13-23)16-3-1-2-4-16)11-17-20(27)21-6-7-22(17)12-15-5-10-28-14-15/h5,10,14,16-17H,1-4,6-9,11-13H2,(H,21,27). The first-order valence-electron chi connectivity index (χ1n) is 10.2. The van der Waals surface area contributed by atoms with Crippen LogP contribution in [-0.2, 0) is 20.9 Å². The van der Waals surface area contributed by atoms with Gasteiger partial charge >= 0.3 is 0 Å². The summed E-state index contributed by atoms with van der Waals surface area (Å²) in [5.74, 6) is -0.215. The quantitative estimate of drug-likeness (QED) is 0.798. The lowest BCUT2D eigenvalue weighted by Crippen LogP contribution is -2.58. The van der Waals surface area contributed by atoms with Gasteiger partial charge in [0.1, 0.15) is 0 Å². The van der Waals surface area contributed by atoms with E-state index in [0.29, 0.717) is 38.8 Å². The number of rotatable bonds is 5. The van der Waals surface area contributed by atoms with Crippen LogP contribution < -0.4 is 5.32 Å². The summed E-state index contributed by atoms with van der Waals surface area (Å²) in [5.41, 5.74) is 0.979. The average Bonchev–Trinajstić information content (AvgIpc) is 3.38. The van der Waals surface area contributed by atoms with Crippen molar-refractivity contribution in [3.8, 4) is 0 Å². The molecule has 1 aromatic rings. The molecule has 8 heteroatoms. The van der Waals surface area contributed by atoms with Gasteiger partial charge in [-0.05, 0) is 18.9 Å². The van der Waals surface area contributed by atoms with Crippen LogP contribution in [0.1, 0.15) is 37.7 Å². The van der Waals surface area contributed by atoms with Crippen molar-refractivity contribution >= 4 is 17.7 Å². The summed E-state index contributed by atoms with van der Waals surface area (Å²) in [6.45, 7) is 3.10. The highest BCUT2D eigenvalue weighted by molar-refractivity contribution is 5.91. The normalized spacial score (nSPS) is 24.6. The lowest BCUT2D eigenvalue weighted by atomic mass is 10.1. The van der Waals surface area contributed by atoms with Crippen molar-refractivity contribution in [2.24, 2.45) is 0 Å². The molecular weight excluding hydrogens is 360 g/mol. The Labute approximate surface area is 164 Å². The second-order valence-corrected chi connectivity index (χ2v) is 7.95. The Balaban J connectivity index is 1.36. The van der Waals surface area contributed by atoms with Crippen molar-refractivity contribution in [3.05, 3.63) is 24.2 Å². The molecule has 3 heterocycles. The maximum Gasteiger partial charge on any atom is 0.242 e. The van der Waals surface area contributed by atoms with Crippen molar-refractivity contribution < 1.29 is 18.8 Å². The third-order valence-corrected chi connectivity index (χ3v) is 6.15. The number of nitrogens with one attached hydrogen (secondary N) is 1. The van der Waals surface area contributed by atoms with Gasteiger partial charge in [0.15, 0.2) is 0 Å². The molecule has 0 bridgehead atoms. The van der Waals surface area contributed by atoms with Crippen molar-refractivity contribution in [2.45, 2.75) is 50.7 Å². The summed E-state index contributed by atoms with van der Waals surface area (Å²) < 4.78 is 5.11. The summed E-state index contributed by atoms with van der Waals surface area (Å²) in [6.07, 6.45) is 7.87. The van der Waals surface area contributed by atoms with Crippen LogP contribution in [0.4, 0.5) is 0 Å². The number of hydrogen-bond acceptors (Lipinski definition) is 5. The fraction of sp³-hybridized carbons (Fsp3) is 0.650. The lowest BCUT2D eigenvalue weighted by Gasteiger charge is -2.39. The van der Waals surface area contributed by atoms with Gasteiger partial charge in [-0.25, -0.2) is 0 Å². The van der Waals surface area contributed by atoms with Gasteiger partial charge in [0.05, 0.1) is 31.5 Å². The van der Waals surface area contributed by atoms with E-state index in [0.717, 1.165) is 18.4 Å². The molecule has 1 N–H and O–H groups in total. The highest BCUT2D eigenvalue weighted by atomic mass is 16.3. The van der Waals surface area contributed by atoms with Crippen LogP contribution in [0.3, 0.4) is 0 Å². The van der Waals surface area contributed by atoms with Crippen molar-refractivity contribution in [1.82, 2.24) is 20.0 Å². The number of amides is 3. The van der Waals surface area contributed by atoms with Crippen LogP contribution in [0.5, 0.6) is 0 Å². The van der Waals surface area contributed by atoms with E-state index in [-0.39, 0.29) is 30.7 Å². The summed E-state index contributed by atoms with van der Waals surface area (Å²) in [7, 11) is 0. The molecule has 0 radical (unpaired) electrons. The van der Waals surface area contributed by atoms with Gasteiger partial charge in [-0.1, -0.05) is 12.8 Å². The molecule has 1 aromatic heterocycles. The predicted octanol–water partition coefficient (Wildman–Crippen LogP) is 0.584. The number of carbonyl (C=O) groups excluding carboxylic acids is 3. The minimum atomic E-state index is -0.515. The van der Waals surface area contributed by atoms with Gasteiger partial charge in [-0.15, -0.1) is 0 Å². The van der Waals surface area contributed by atoms with Crippen molar-refractivity contribution in [2.75, 3.05) is 32.7 Å². The van der Waals surface area contributed by atoms with E-state index >= 15 is 0 Å². The van der Waals surface area contributed by atoms with E-state index in [1.165, 1.54) is 12.8 Å². The number of hydrogen-bond donors (Lipinski definition) is 1. The average molecular weight is 388 g/mol. The zero-order valence-electron chi connectivity index (χ0n) is 16.1. The topological polar surface area (TPSA) is 86.1 Å². The fourth-order valence-electron chi connectivity index (χ4n) is 4.59. The number of piperazine rings is 2. The Morgan fingerprint density at radius 2 is 2.00 bits per heavy atom. The molecule has 8 nitrogen and oxygen atoms in total. The summed E-state index contributed by atoms with van der Waals surface area (Å²) >= 11 is 0. The predicted molar refractivity (Wildman–Crippen MR) is 101 cm³/mol. The van der Waals surface area contributed by atoms with Gasteiger partial charge in [0.25, 0.3) is 0 Å². The first kappa shape index (κ1) is 19.0. The Morgan fingerprint density at radius 1 is 1.18 bits per heavy atom. The van der Waals surface area contributed by atoms with Crippen LogP contribution in [0.25, 0.3) is 0 Å². The van der Waals surface area contributed by atoms with Crippen LogP contribution in [0, 0.1) is 0 Å². The zero-order chi connectivity index (χ0) is 19.5. The van der Waals surface area contributed by atoms with Crippen LogP contribution >= 0.6 is 0 Å². The van der Waals surface area contributed by atoms with E-state index < -0.39 is 6.04 Å². The molecule has 1 saturated carbocycles. The summed E-state index contributed by atoms with van der Waals surface area (Å²) in [6, 6.07) is 1.70. The Morgan fingerprint density at radius 3 is 2.71 bits per heavy atom. The van der Waals surface area contributed by atoms with Crippen LogP contribution in [0.2, 0.25) is 0 Å². The molecule has 4 rings (SSSR count). The minimum Gasteiger partial charge on any atom is -0.472 e. The van der Waals surface area contributed by atoms with E-state index in [9.17, 15) is 14.4 Å². The van der Waals surface area contributed by atoms with Gasteiger partial charge in [-0.2, -0.15) is 0 Å². The molecular formula is C20H28N4O4. The molecule has 28 heavy (non-hydrogen) atoms. The molecule has 3 amide bonds. The largest absolute Gasteiger partial charge is 0.472 e. The van der Waals surface area contributed by atoms with Crippen LogP contribution in [0.15, 0.2) is 23.0 Å². The molecule has 3 aliphatic rings. The SMILES string of the molecule is O=C1NCCN(Cc2ccoc2)C1CC(=O)N1CCN(C2CCCC2)C(=O)C1. The second kappa shape index (κ2) is 8.34. The van der Waals surface area contributed by atoms with E-state index in [1.807, 2.05) is 15.9 Å². The molecule has 0 spiro atoms. The van der Waals surface area contributed by atoms with Gasteiger partial charge < -0.3 is 19.5 Å². The fourth-order valence-corrected chi connectivity index (χ4v) is 4.59. The summed E-state index contributed by atoms with van der Waals surface area (Å²) in [5, 5.41) is 2.85. The van der Waals surface area contributed by atoms with E-state index in [2.05, 4.69) is 5.32 Å². The molecule has 1 atom stereocenters. The smallest absolute Gasteiger partial charge is 0.242 e. The highest BCUT2D eigenvalue weighted by Gasteiger charge is 2.36. The molecule has 1 aliphatic carbocycles. The third kappa shape index (κ3) is 4.06. The van der Waals surface area contributed by atoms with E-state index in [1.54, 1.807) is 17.4 Å². The monoisotopic (exact) mass is 388 g/mol. The van der Waals surface area contributed by atoms with E-state index in [4.69, 9.17) is 4.42 Å². The first-order chi connectivity index (χ1) is 13.6. The molecule has 3 fully saturated rings. The second-order valence-electron chi connectivity index (χ2n) is 7.95. The van der Waals surface area contributed by atoms with Crippen LogP contribution in [-0.4, -0.2) is 77.2 Å². The summed E-state index contributed by atoms with van der Waals surface area (Å²) in [4.78, 5) is 43.4. The third-order valence-electron chi connectivity index (χ3n) is 6.15. The first-order valence-corrected chi connectivity index (χ1v) is 10.2. The Bertz CT molecular complexity index is 714. The molecule has 1 unspecified atom stereocenters. The van der Waals surface area contributed by atoms with Gasteiger partial charge in [0, 0.05) is 44.3 Å². The van der Waals surface area contributed by atoms with Gasteiger partial charge in [-0.3, -0.25) is 19.3 Å². The maximum atomic E-state index is 12.9. The Kier molecular flexibility index (Phi) is 5.66. The van der Waals surface area contributed by atoms with Gasteiger partial charge in [0.2, 0.25) is 17.7 Å². The van der Waals surface area contributed by atoms with Crippen molar-refractivity contribution in [3.63, 3.8) is 0 Å². The molecule has 2 saturated heterocycles. The molecule has 0 aromatic carbocycles. The Hall–Kier alpha value is -2.35. The highest BCUT2D eigenvalue weighted by Crippen LogP contribution is 2.25. The van der Waals surface area contributed by atoms with Crippen molar-refractivity contribution in [1.29, 1.82) is 0 Å². The lowest BCUT2D eigenvalue weighted by molar-refractivity contribution is -0.148. The molecule has 152 valence electrons. The maximum absolute atomic E-state index is 12.9. The molecule has 2 aliphatic heterocycles.